The van der Waals surface area contributed by atoms with Crippen LogP contribution in [0, 0.1) is 5.41 Å². The number of rotatable bonds is 5. The SMILES string of the molecule is N=C(c1ccc(-c2cc(CNC(=O)c3ccc(Cl)s3)on2)cc1)N1CCCCC1. The van der Waals surface area contributed by atoms with Crippen LogP contribution in [0.25, 0.3) is 11.3 Å². The molecule has 2 N–H and O–H groups in total. The molecule has 1 aliphatic heterocycles. The second-order valence-corrected chi connectivity index (χ2v) is 8.65. The summed E-state index contributed by atoms with van der Waals surface area (Å²) in [5, 5.41) is 15.3. The molecule has 0 spiro atoms. The highest BCUT2D eigenvalue weighted by Gasteiger charge is 2.16. The molecule has 0 bridgehead atoms. The minimum absolute atomic E-state index is 0.194. The van der Waals surface area contributed by atoms with E-state index in [9.17, 15) is 4.79 Å². The molecule has 3 aromatic rings. The van der Waals surface area contributed by atoms with Crippen LogP contribution in [0.4, 0.5) is 0 Å². The normalized spacial score (nSPS) is 14.0. The largest absolute Gasteiger partial charge is 0.359 e. The molecular weight excluding hydrogens is 408 g/mol. The molecule has 3 heterocycles. The third-order valence-corrected chi connectivity index (χ3v) is 6.14. The fourth-order valence-electron chi connectivity index (χ4n) is 3.32. The fourth-order valence-corrected chi connectivity index (χ4v) is 4.28. The Kier molecular flexibility index (Phi) is 5.97. The Labute approximate surface area is 178 Å². The van der Waals surface area contributed by atoms with Crippen LogP contribution >= 0.6 is 22.9 Å². The summed E-state index contributed by atoms with van der Waals surface area (Å²) in [4.78, 5) is 14.8. The summed E-state index contributed by atoms with van der Waals surface area (Å²) < 4.78 is 5.92. The van der Waals surface area contributed by atoms with Gasteiger partial charge >= 0.3 is 0 Å². The Hall–Kier alpha value is -2.64. The van der Waals surface area contributed by atoms with Crippen molar-refractivity contribution in [1.82, 2.24) is 15.4 Å². The lowest BCUT2D eigenvalue weighted by molar-refractivity contribution is 0.0951. The lowest BCUT2D eigenvalue weighted by Gasteiger charge is -2.29. The standard InChI is InChI=1S/C21H21ClN4O2S/c22-19-9-8-18(29-19)21(27)24-13-16-12-17(25-28-16)14-4-6-15(7-5-14)20(23)26-10-2-1-3-11-26/h4-9,12,23H,1-3,10-11,13H2,(H,24,27). The number of nitrogens with one attached hydrogen (secondary N) is 2. The lowest BCUT2D eigenvalue weighted by atomic mass is 10.1. The molecule has 2 aromatic heterocycles. The number of amides is 1. The van der Waals surface area contributed by atoms with Crippen molar-refractivity contribution in [3.05, 3.63) is 63.0 Å². The van der Waals surface area contributed by atoms with Crippen LogP contribution in [0.1, 0.15) is 40.3 Å². The topological polar surface area (TPSA) is 82.2 Å². The third-order valence-electron chi connectivity index (χ3n) is 4.91. The Morgan fingerprint density at radius 2 is 1.93 bits per heavy atom. The monoisotopic (exact) mass is 428 g/mol. The zero-order chi connectivity index (χ0) is 20.2. The highest BCUT2D eigenvalue weighted by atomic mass is 35.5. The molecule has 1 aliphatic rings. The molecule has 0 atom stereocenters. The summed E-state index contributed by atoms with van der Waals surface area (Å²) in [5.74, 6) is 0.954. The van der Waals surface area contributed by atoms with Gasteiger partial charge in [0.05, 0.1) is 15.8 Å². The van der Waals surface area contributed by atoms with Gasteiger partial charge in [-0.3, -0.25) is 10.2 Å². The molecule has 0 aliphatic carbocycles. The number of piperidine rings is 1. The van der Waals surface area contributed by atoms with E-state index in [4.69, 9.17) is 21.5 Å². The van der Waals surface area contributed by atoms with Gasteiger partial charge in [0.2, 0.25) is 0 Å². The molecule has 4 rings (SSSR count). The van der Waals surface area contributed by atoms with Crippen LogP contribution in [0.15, 0.2) is 47.0 Å². The maximum Gasteiger partial charge on any atom is 0.261 e. The van der Waals surface area contributed by atoms with E-state index in [1.54, 1.807) is 12.1 Å². The van der Waals surface area contributed by atoms with Crippen LogP contribution in [0.3, 0.4) is 0 Å². The number of carbonyl (C=O) groups excluding carboxylic acids is 1. The highest BCUT2D eigenvalue weighted by Crippen LogP contribution is 2.23. The van der Waals surface area contributed by atoms with Crippen molar-refractivity contribution in [1.29, 1.82) is 5.41 Å². The molecule has 1 saturated heterocycles. The van der Waals surface area contributed by atoms with E-state index < -0.39 is 0 Å². The Balaban J connectivity index is 1.37. The van der Waals surface area contributed by atoms with Crippen molar-refractivity contribution in [3.63, 3.8) is 0 Å². The maximum absolute atomic E-state index is 12.1. The molecule has 0 saturated carbocycles. The van der Waals surface area contributed by atoms with E-state index in [-0.39, 0.29) is 12.5 Å². The Morgan fingerprint density at radius 3 is 2.62 bits per heavy atom. The van der Waals surface area contributed by atoms with Crippen LogP contribution < -0.4 is 5.32 Å². The molecule has 29 heavy (non-hydrogen) atoms. The molecule has 1 aromatic carbocycles. The van der Waals surface area contributed by atoms with Gasteiger partial charge in [0, 0.05) is 30.3 Å². The van der Waals surface area contributed by atoms with Gasteiger partial charge in [0.15, 0.2) is 5.76 Å². The molecule has 6 nitrogen and oxygen atoms in total. The zero-order valence-electron chi connectivity index (χ0n) is 15.8. The molecule has 0 radical (unpaired) electrons. The summed E-state index contributed by atoms with van der Waals surface area (Å²) in [6.07, 6.45) is 3.55. The number of benzene rings is 1. The minimum atomic E-state index is -0.194. The van der Waals surface area contributed by atoms with Crippen molar-refractivity contribution in [2.75, 3.05) is 13.1 Å². The summed E-state index contributed by atoms with van der Waals surface area (Å²) in [7, 11) is 0. The first kappa shape index (κ1) is 19.7. The van der Waals surface area contributed by atoms with E-state index in [0.29, 0.717) is 26.5 Å². The number of hydrogen-bond donors (Lipinski definition) is 2. The van der Waals surface area contributed by atoms with Crippen molar-refractivity contribution in [2.24, 2.45) is 0 Å². The molecular formula is C21H21ClN4O2S. The van der Waals surface area contributed by atoms with Crippen LogP contribution in [0.2, 0.25) is 4.34 Å². The average molecular weight is 429 g/mol. The van der Waals surface area contributed by atoms with Gasteiger partial charge in [-0.1, -0.05) is 41.0 Å². The summed E-state index contributed by atoms with van der Waals surface area (Å²) in [6.45, 7) is 2.16. The number of hydrogen-bond acceptors (Lipinski definition) is 5. The maximum atomic E-state index is 12.1. The molecule has 1 fully saturated rings. The lowest BCUT2D eigenvalue weighted by Crippen LogP contribution is -2.35. The third kappa shape index (κ3) is 4.68. The number of likely N-dealkylation sites (tertiary alicyclic amines) is 1. The van der Waals surface area contributed by atoms with E-state index >= 15 is 0 Å². The number of nitrogens with zero attached hydrogens (tertiary/aromatic N) is 2. The van der Waals surface area contributed by atoms with E-state index in [2.05, 4.69) is 15.4 Å². The quantitative estimate of drug-likeness (QED) is 0.451. The van der Waals surface area contributed by atoms with Crippen molar-refractivity contribution in [2.45, 2.75) is 25.8 Å². The van der Waals surface area contributed by atoms with Crippen molar-refractivity contribution >= 4 is 34.7 Å². The predicted octanol–water partition coefficient (Wildman–Crippen LogP) is 4.80. The van der Waals surface area contributed by atoms with Crippen LogP contribution in [-0.4, -0.2) is 34.9 Å². The highest BCUT2D eigenvalue weighted by molar-refractivity contribution is 7.17. The summed E-state index contributed by atoms with van der Waals surface area (Å²) in [6, 6.07) is 13.0. The average Bonchev–Trinajstić information content (AvgIpc) is 3.41. The van der Waals surface area contributed by atoms with Crippen LogP contribution in [-0.2, 0) is 6.54 Å². The summed E-state index contributed by atoms with van der Waals surface area (Å²) in [5.41, 5.74) is 2.51. The van der Waals surface area contributed by atoms with Gasteiger partial charge in [-0.2, -0.15) is 0 Å². The van der Waals surface area contributed by atoms with Crippen LogP contribution in [0.5, 0.6) is 0 Å². The van der Waals surface area contributed by atoms with Crippen molar-refractivity contribution in [3.8, 4) is 11.3 Å². The Bertz CT molecular complexity index is 1010. The van der Waals surface area contributed by atoms with Gasteiger partial charge in [0.1, 0.15) is 11.5 Å². The first-order valence-electron chi connectivity index (χ1n) is 9.53. The fraction of sp³-hybridized carbons (Fsp3) is 0.286. The molecule has 0 unspecified atom stereocenters. The number of amidine groups is 1. The number of thiophene rings is 1. The van der Waals surface area contributed by atoms with Gasteiger partial charge in [-0.15, -0.1) is 11.3 Å². The number of aromatic nitrogens is 1. The van der Waals surface area contributed by atoms with E-state index in [0.717, 1.165) is 37.1 Å². The minimum Gasteiger partial charge on any atom is -0.359 e. The number of carbonyl (C=O) groups is 1. The summed E-state index contributed by atoms with van der Waals surface area (Å²) >= 11 is 7.09. The first-order valence-corrected chi connectivity index (χ1v) is 10.7. The van der Waals surface area contributed by atoms with E-state index in [1.807, 2.05) is 30.3 Å². The molecule has 8 heteroatoms. The van der Waals surface area contributed by atoms with Gasteiger partial charge < -0.3 is 14.7 Å². The van der Waals surface area contributed by atoms with Crippen molar-refractivity contribution < 1.29 is 9.32 Å². The molecule has 150 valence electrons. The predicted molar refractivity (Wildman–Crippen MR) is 115 cm³/mol. The van der Waals surface area contributed by atoms with E-state index in [1.165, 1.54) is 17.8 Å². The first-order chi connectivity index (χ1) is 14.1. The Morgan fingerprint density at radius 1 is 1.17 bits per heavy atom. The second-order valence-electron chi connectivity index (χ2n) is 6.94. The zero-order valence-corrected chi connectivity index (χ0v) is 17.4. The number of halogens is 1. The molecule has 1 amide bonds. The second kappa shape index (κ2) is 8.80. The smallest absolute Gasteiger partial charge is 0.261 e. The van der Waals surface area contributed by atoms with Gasteiger partial charge in [-0.05, 0) is 31.4 Å². The van der Waals surface area contributed by atoms with Gasteiger partial charge in [0.25, 0.3) is 5.91 Å². The van der Waals surface area contributed by atoms with Gasteiger partial charge in [-0.25, -0.2) is 0 Å².